The molecule has 1 N–H and O–H groups in total. The van der Waals surface area contributed by atoms with Crippen LogP contribution in [0.15, 0.2) is 22.4 Å². The minimum Gasteiger partial charge on any atom is -0.387 e. The number of thiazole rings is 1. The number of aromatic nitrogens is 3. The van der Waals surface area contributed by atoms with Crippen molar-refractivity contribution < 1.29 is 9.90 Å². The highest BCUT2D eigenvalue weighted by Crippen LogP contribution is 2.23. The average molecular weight is 406 g/mol. The summed E-state index contributed by atoms with van der Waals surface area (Å²) in [6.45, 7) is 5.48. The van der Waals surface area contributed by atoms with E-state index in [4.69, 9.17) is 0 Å². The second kappa shape index (κ2) is 8.50. The number of aryl methyl sites for hydroxylation is 2. The van der Waals surface area contributed by atoms with Crippen LogP contribution in [0.5, 0.6) is 0 Å². The first-order valence-corrected chi connectivity index (χ1v) is 10.3. The van der Waals surface area contributed by atoms with Gasteiger partial charge in [-0.25, -0.2) is 9.78 Å². The van der Waals surface area contributed by atoms with E-state index < -0.39 is 11.3 Å². The first-order valence-electron chi connectivity index (χ1n) is 9.38. The van der Waals surface area contributed by atoms with E-state index in [-0.39, 0.29) is 19.0 Å². The van der Waals surface area contributed by atoms with Crippen LogP contribution in [-0.2, 0) is 17.9 Å². The molecule has 1 aliphatic heterocycles. The van der Waals surface area contributed by atoms with E-state index in [0.29, 0.717) is 37.4 Å². The van der Waals surface area contributed by atoms with E-state index in [1.807, 2.05) is 17.3 Å². The van der Waals surface area contributed by atoms with Crippen molar-refractivity contribution in [2.75, 3.05) is 26.7 Å². The van der Waals surface area contributed by atoms with Crippen LogP contribution in [0.4, 0.5) is 0 Å². The van der Waals surface area contributed by atoms with Crippen molar-refractivity contribution in [1.82, 2.24) is 24.3 Å². The number of aliphatic hydroxyl groups is 1. The fourth-order valence-electron chi connectivity index (χ4n) is 3.78. The smallest absolute Gasteiger partial charge is 0.348 e. The Balaban J connectivity index is 1.63. The molecule has 1 amide bonds. The molecule has 3 heterocycles. The molecule has 1 saturated heterocycles. The summed E-state index contributed by atoms with van der Waals surface area (Å²) in [5.74, 6) is -0.170. The third kappa shape index (κ3) is 5.03. The number of likely N-dealkylation sites (tertiary alicyclic amines) is 1. The van der Waals surface area contributed by atoms with Gasteiger partial charge in [0.2, 0.25) is 5.91 Å². The van der Waals surface area contributed by atoms with Gasteiger partial charge in [0.15, 0.2) is 0 Å². The van der Waals surface area contributed by atoms with Gasteiger partial charge in [-0.2, -0.15) is 4.98 Å². The molecule has 1 fully saturated rings. The molecular formula is C19H27N5O3S. The summed E-state index contributed by atoms with van der Waals surface area (Å²) in [6.07, 6.45) is 3.14. The molecule has 1 aliphatic rings. The SMILES string of the molecule is Cc1cc(C)n(CC(=O)N2CCCC(O)(CN(C)Cc3nccs3)C2)c(=O)n1. The molecular weight excluding hydrogens is 378 g/mol. The zero-order valence-electron chi connectivity index (χ0n) is 16.6. The lowest BCUT2D eigenvalue weighted by atomic mass is 9.92. The number of rotatable bonds is 6. The predicted octanol–water partition coefficient (Wildman–Crippen LogP) is 0.802. The molecule has 0 radical (unpaired) electrons. The zero-order valence-corrected chi connectivity index (χ0v) is 17.4. The van der Waals surface area contributed by atoms with Gasteiger partial charge >= 0.3 is 5.69 Å². The van der Waals surface area contributed by atoms with Crippen LogP contribution < -0.4 is 5.69 Å². The Morgan fingerprint density at radius 1 is 1.43 bits per heavy atom. The summed E-state index contributed by atoms with van der Waals surface area (Å²) in [4.78, 5) is 36.8. The Morgan fingerprint density at radius 2 is 2.21 bits per heavy atom. The topological polar surface area (TPSA) is 91.6 Å². The average Bonchev–Trinajstić information content (AvgIpc) is 3.10. The second-order valence-electron chi connectivity index (χ2n) is 7.65. The molecule has 28 heavy (non-hydrogen) atoms. The number of carbonyl (C=O) groups excluding carboxylic acids is 1. The molecule has 9 heteroatoms. The summed E-state index contributed by atoms with van der Waals surface area (Å²) in [5, 5.41) is 14.0. The third-order valence-electron chi connectivity index (χ3n) is 5.00. The molecule has 1 atom stereocenters. The highest BCUT2D eigenvalue weighted by atomic mass is 32.1. The molecule has 2 aromatic heterocycles. The Labute approximate surface area is 168 Å². The van der Waals surface area contributed by atoms with Gasteiger partial charge in [-0.3, -0.25) is 14.3 Å². The molecule has 0 aromatic carbocycles. The van der Waals surface area contributed by atoms with Crippen LogP contribution in [0.25, 0.3) is 0 Å². The Kier molecular flexibility index (Phi) is 6.26. The maximum Gasteiger partial charge on any atom is 0.348 e. The van der Waals surface area contributed by atoms with Crippen LogP contribution in [0.1, 0.15) is 29.2 Å². The van der Waals surface area contributed by atoms with Crippen molar-refractivity contribution in [2.45, 2.75) is 45.4 Å². The van der Waals surface area contributed by atoms with Crippen molar-refractivity contribution in [1.29, 1.82) is 0 Å². The summed E-state index contributed by atoms with van der Waals surface area (Å²) < 4.78 is 1.39. The number of hydrogen-bond donors (Lipinski definition) is 1. The van der Waals surface area contributed by atoms with Gasteiger partial charge in [-0.15, -0.1) is 11.3 Å². The fourth-order valence-corrected chi connectivity index (χ4v) is 4.47. The maximum absolute atomic E-state index is 12.8. The molecule has 0 bridgehead atoms. The van der Waals surface area contributed by atoms with E-state index in [2.05, 4.69) is 9.97 Å². The number of piperidine rings is 1. The molecule has 152 valence electrons. The zero-order chi connectivity index (χ0) is 20.3. The monoisotopic (exact) mass is 405 g/mol. The van der Waals surface area contributed by atoms with Crippen molar-refractivity contribution in [3.05, 3.63) is 44.5 Å². The van der Waals surface area contributed by atoms with E-state index in [1.165, 1.54) is 4.57 Å². The van der Waals surface area contributed by atoms with E-state index in [0.717, 1.165) is 11.4 Å². The van der Waals surface area contributed by atoms with Crippen molar-refractivity contribution in [3.8, 4) is 0 Å². The normalized spacial score (nSPS) is 20.0. The minimum atomic E-state index is -0.967. The Hall–Kier alpha value is -2.10. The maximum atomic E-state index is 12.8. The number of hydrogen-bond acceptors (Lipinski definition) is 7. The van der Waals surface area contributed by atoms with Gasteiger partial charge in [-0.05, 0) is 39.8 Å². The summed E-state index contributed by atoms with van der Waals surface area (Å²) in [7, 11) is 1.95. The first kappa shape index (κ1) is 20.6. The van der Waals surface area contributed by atoms with E-state index in [1.54, 1.807) is 42.3 Å². The van der Waals surface area contributed by atoms with Gasteiger partial charge in [0, 0.05) is 36.1 Å². The lowest BCUT2D eigenvalue weighted by Gasteiger charge is -2.41. The number of amides is 1. The number of likely N-dealkylation sites (N-methyl/N-ethyl adjacent to an activating group) is 1. The van der Waals surface area contributed by atoms with Gasteiger partial charge in [0.05, 0.1) is 18.7 Å². The van der Waals surface area contributed by atoms with Crippen molar-refractivity contribution >= 4 is 17.2 Å². The van der Waals surface area contributed by atoms with Crippen LogP contribution in [0, 0.1) is 13.8 Å². The standard InChI is InChI=1S/C19H27N5O3S/c1-14-9-15(2)24(18(26)21-14)11-17(25)23-7-4-5-19(27,13-23)12-22(3)10-16-20-6-8-28-16/h6,8-9,27H,4-5,7,10-13H2,1-3H3. The predicted molar refractivity (Wildman–Crippen MR) is 107 cm³/mol. The van der Waals surface area contributed by atoms with Crippen LogP contribution >= 0.6 is 11.3 Å². The second-order valence-corrected chi connectivity index (χ2v) is 8.63. The summed E-state index contributed by atoms with van der Waals surface area (Å²) >= 11 is 1.59. The third-order valence-corrected chi connectivity index (χ3v) is 5.77. The van der Waals surface area contributed by atoms with Crippen molar-refractivity contribution in [3.63, 3.8) is 0 Å². The molecule has 0 spiro atoms. The van der Waals surface area contributed by atoms with Gasteiger partial charge < -0.3 is 10.0 Å². The molecule has 3 rings (SSSR count). The van der Waals surface area contributed by atoms with Gasteiger partial charge in [0.1, 0.15) is 11.6 Å². The summed E-state index contributed by atoms with van der Waals surface area (Å²) in [5.41, 5.74) is -0.0322. The quantitative estimate of drug-likeness (QED) is 0.765. The van der Waals surface area contributed by atoms with Crippen LogP contribution in [-0.4, -0.2) is 67.6 Å². The molecule has 1 unspecified atom stereocenters. The van der Waals surface area contributed by atoms with Crippen LogP contribution in [0.3, 0.4) is 0 Å². The van der Waals surface area contributed by atoms with E-state index >= 15 is 0 Å². The van der Waals surface area contributed by atoms with Crippen molar-refractivity contribution in [2.24, 2.45) is 0 Å². The fraction of sp³-hybridized carbons (Fsp3) is 0.579. The number of β-amino-alcohol motifs (C(OH)–C–C–N with tert-alkyl or cyclic N) is 1. The molecule has 2 aromatic rings. The van der Waals surface area contributed by atoms with E-state index in [9.17, 15) is 14.7 Å². The Morgan fingerprint density at radius 3 is 2.89 bits per heavy atom. The van der Waals surface area contributed by atoms with Gasteiger partial charge in [0.25, 0.3) is 0 Å². The van der Waals surface area contributed by atoms with Crippen LogP contribution in [0.2, 0.25) is 0 Å². The molecule has 0 saturated carbocycles. The molecule has 8 nitrogen and oxygen atoms in total. The Bertz CT molecular complexity index is 882. The lowest BCUT2D eigenvalue weighted by Crippen LogP contribution is -2.55. The largest absolute Gasteiger partial charge is 0.387 e. The number of nitrogens with zero attached hydrogens (tertiary/aromatic N) is 5. The first-order chi connectivity index (χ1) is 13.3. The highest BCUT2D eigenvalue weighted by molar-refractivity contribution is 7.09. The number of carbonyl (C=O) groups is 1. The highest BCUT2D eigenvalue weighted by Gasteiger charge is 2.36. The molecule has 0 aliphatic carbocycles. The lowest BCUT2D eigenvalue weighted by molar-refractivity contribution is -0.140. The van der Waals surface area contributed by atoms with Gasteiger partial charge in [-0.1, -0.05) is 0 Å². The minimum absolute atomic E-state index is 0.0526. The summed E-state index contributed by atoms with van der Waals surface area (Å²) in [6, 6.07) is 1.79.